The van der Waals surface area contributed by atoms with Crippen LogP contribution in [0.2, 0.25) is 0 Å². The van der Waals surface area contributed by atoms with Gasteiger partial charge in [0.1, 0.15) is 25.2 Å². The van der Waals surface area contributed by atoms with Crippen molar-refractivity contribution in [2.24, 2.45) is 0 Å². The summed E-state index contributed by atoms with van der Waals surface area (Å²) in [5.41, 5.74) is 1.81. The zero-order chi connectivity index (χ0) is 14.7. The molecule has 1 aliphatic heterocycles. The highest BCUT2D eigenvalue weighted by Gasteiger charge is 2.11. The van der Waals surface area contributed by atoms with Crippen molar-refractivity contribution in [1.29, 1.82) is 0 Å². The second kappa shape index (κ2) is 6.21. The molecule has 0 saturated carbocycles. The van der Waals surface area contributed by atoms with Crippen molar-refractivity contribution < 1.29 is 9.13 Å². The van der Waals surface area contributed by atoms with Crippen molar-refractivity contribution in [3.8, 4) is 11.5 Å². The van der Waals surface area contributed by atoms with Gasteiger partial charge in [0.25, 0.3) is 0 Å². The van der Waals surface area contributed by atoms with Crippen molar-refractivity contribution in [2.45, 2.75) is 19.3 Å². The standard InChI is InChI=1S/C17H19BFNO/c18-16-8-7-15(12-17(16)19)21-14-6-4-5-13(11-14)20-9-2-1-3-10-20/h4-8,11-12H,1-3,9-10,18H2. The summed E-state index contributed by atoms with van der Waals surface area (Å²) in [5.74, 6) is 1.05. The largest absolute Gasteiger partial charge is 0.457 e. The Morgan fingerprint density at radius 2 is 1.71 bits per heavy atom. The van der Waals surface area contributed by atoms with Crippen LogP contribution in [0, 0.1) is 5.82 Å². The molecule has 1 aliphatic rings. The molecule has 3 rings (SSSR count). The molecule has 0 atom stereocenters. The smallest absolute Gasteiger partial charge is 0.143 e. The number of hydrogen-bond donors (Lipinski definition) is 0. The Balaban J connectivity index is 1.77. The van der Waals surface area contributed by atoms with Crippen LogP contribution in [-0.4, -0.2) is 20.9 Å². The summed E-state index contributed by atoms with van der Waals surface area (Å²) in [4.78, 5) is 2.38. The van der Waals surface area contributed by atoms with Crippen LogP contribution in [0.15, 0.2) is 42.5 Å². The van der Waals surface area contributed by atoms with Gasteiger partial charge in [0, 0.05) is 30.9 Å². The van der Waals surface area contributed by atoms with E-state index in [9.17, 15) is 4.39 Å². The number of rotatable bonds is 3. The first-order valence-electron chi connectivity index (χ1n) is 7.51. The van der Waals surface area contributed by atoms with Gasteiger partial charge in [0.05, 0.1) is 0 Å². The topological polar surface area (TPSA) is 12.5 Å². The molecule has 0 radical (unpaired) electrons. The number of anilines is 1. The highest BCUT2D eigenvalue weighted by Crippen LogP contribution is 2.27. The van der Waals surface area contributed by atoms with E-state index in [2.05, 4.69) is 11.0 Å². The van der Waals surface area contributed by atoms with Crippen LogP contribution in [0.3, 0.4) is 0 Å². The van der Waals surface area contributed by atoms with Gasteiger partial charge in [-0.1, -0.05) is 17.6 Å². The molecule has 0 aliphatic carbocycles. The van der Waals surface area contributed by atoms with E-state index >= 15 is 0 Å². The summed E-state index contributed by atoms with van der Waals surface area (Å²) < 4.78 is 19.3. The predicted molar refractivity (Wildman–Crippen MR) is 87.2 cm³/mol. The van der Waals surface area contributed by atoms with E-state index in [1.807, 2.05) is 18.2 Å². The first-order valence-corrected chi connectivity index (χ1v) is 7.51. The Bertz CT molecular complexity index is 626. The van der Waals surface area contributed by atoms with Crippen molar-refractivity contribution >= 4 is 19.0 Å². The predicted octanol–water partition coefficient (Wildman–Crippen LogP) is 2.87. The van der Waals surface area contributed by atoms with E-state index in [1.165, 1.54) is 31.0 Å². The highest BCUT2D eigenvalue weighted by molar-refractivity contribution is 6.32. The lowest BCUT2D eigenvalue weighted by atomic mass is 9.96. The van der Waals surface area contributed by atoms with Gasteiger partial charge in [0.2, 0.25) is 0 Å². The van der Waals surface area contributed by atoms with E-state index in [1.54, 1.807) is 20.0 Å². The van der Waals surface area contributed by atoms with Crippen LogP contribution in [-0.2, 0) is 0 Å². The van der Waals surface area contributed by atoms with Crippen molar-refractivity contribution in [3.05, 3.63) is 48.3 Å². The summed E-state index contributed by atoms with van der Waals surface area (Å²) in [6.07, 6.45) is 3.80. The minimum atomic E-state index is -0.236. The summed E-state index contributed by atoms with van der Waals surface area (Å²) >= 11 is 0. The lowest BCUT2D eigenvalue weighted by Crippen LogP contribution is -2.29. The molecule has 21 heavy (non-hydrogen) atoms. The van der Waals surface area contributed by atoms with Crippen LogP contribution >= 0.6 is 0 Å². The number of benzene rings is 2. The second-order valence-corrected chi connectivity index (χ2v) is 5.56. The number of piperidine rings is 1. The third-order valence-corrected chi connectivity index (χ3v) is 3.92. The quantitative estimate of drug-likeness (QED) is 0.803. The molecule has 108 valence electrons. The minimum absolute atomic E-state index is 0.236. The van der Waals surface area contributed by atoms with Gasteiger partial charge in [0.15, 0.2) is 0 Å². The van der Waals surface area contributed by atoms with Crippen molar-refractivity contribution in [1.82, 2.24) is 0 Å². The maximum Gasteiger partial charge on any atom is 0.143 e. The maximum atomic E-state index is 13.6. The number of ether oxygens (including phenoxy) is 1. The normalized spacial score (nSPS) is 15.0. The fourth-order valence-corrected chi connectivity index (χ4v) is 2.67. The Labute approximate surface area is 125 Å². The molecule has 0 aromatic heterocycles. The first-order chi connectivity index (χ1) is 10.2. The van der Waals surface area contributed by atoms with E-state index in [4.69, 9.17) is 4.74 Å². The Hall–Kier alpha value is -1.97. The maximum absolute atomic E-state index is 13.6. The van der Waals surface area contributed by atoms with Gasteiger partial charge in [-0.05, 0) is 37.5 Å². The molecule has 0 N–H and O–H groups in total. The first kappa shape index (κ1) is 14.0. The van der Waals surface area contributed by atoms with Crippen molar-refractivity contribution in [2.75, 3.05) is 18.0 Å². The van der Waals surface area contributed by atoms with E-state index in [0.29, 0.717) is 11.2 Å². The Morgan fingerprint density at radius 3 is 2.48 bits per heavy atom. The van der Waals surface area contributed by atoms with E-state index in [-0.39, 0.29) is 5.82 Å². The lowest BCUT2D eigenvalue weighted by molar-refractivity contribution is 0.477. The van der Waals surface area contributed by atoms with Gasteiger partial charge in [-0.15, -0.1) is 0 Å². The molecule has 1 saturated heterocycles. The lowest BCUT2D eigenvalue weighted by Gasteiger charge is -2.29. The van der Waals surface area contributed by atoms with Gasteiger partial charge in [-0.25, -0.2) is 4.39 Å². The molecule has 2 aromatic carbocycles. The molecular weight excluding hydrogens is 264 g/mol. The summed E-state index contributed by atoms with van der Waals surface area (Å²) in [5, 5.41) is 0. The van der Waals surface area contributed by atoms with E-state index < -0.39 is 0 Å². The van der Waals surface area contributed by atoms with E-state index in [0.717, 1.165) is 18.8 Å². The summed E-state index contributed by atoms with van der Waals surface area (Å²) in [7, 11) is 1.75. The third-order valence-electron chi connectivity index (χ3n) is 3.92. The molecule has 0 bridgehead atoms. The molecule has 0 spiro atoms. The molecule has 4 heteroatoms. The van der Waals surface area contributed by atoms with Crippen LogP contribution in [0.5, 0.6) is 11.5 Å². The monoisotopic (exact) mass is 283 g/mol. The minimum Gasteiger partial charge on any atom is -0.457 e. The third kappa shape index (κ3) is 3.38. The number of halogens is 1. The van der Waals surface area contributed by atoms with Crippen molar-refractivity contribution in [3.63, 3.8) is 0 Å². The van der Waals surface area contributed by atoms with Crippen LogP contribution in [0.25, 0.3) is 0 Å². The number of hydrogen-bond acceptors (Lipinski definition) is 2. The Morgan fingerprint density at radius 1 is 0.952 bits per heavy atom. The SMILES string of the molecule is Bc1ccc(Oc2cccc(N3CCCCC3)c2)cc1F. The molecule has 0 unspecified atom stereocenters. The molecule has 2 nitrogen and oxygen atoms in total. The zero-order valence-electron chi connectivity index (χ0n) is 12.3. The highest BCUT2D eigenvalue weighted by atomic mass is 19.1. The van der Waals surface area contributed by atoms with Gasteiger partial charge in [-0.3, -0.25) is 0 Å². The van der Waals surface area contributed by atoms with Crippen LogP contribution in [0.4, 0.5) is 10.1 Å². The second-order valence-electron chi connectivity index (χ2n) is 5.56. The average molecular weight is 283 g/mol. The van der Waals surface area contributed by atoms with Gasteiger partial charge in [-0.2, -0.15) is 0 Å². The van der Waals surface area contributed by atoms with Crippen LogP contribution in [0.1, 0.15) is 19.3 Å². The van der Waals surface area contributed by atoms with Gasteiger partial charge < -0.3 is 9.64 Å². The number of nitrogens with zero attached hydrogens (tertiary/aromatic N) is 1. The molecular formula is C17H19BFNO. The molecule has 2 aromatic rings. The van der Waals surface area contributed by atoms with Gasteiger partial charge >= 0.3 is 0 Å². The zero-order valence-corrected chi connectivity index (χ0v) is 12.3. The summed E-state index contributed by atoms with van der Waals surface area (Å²) in [6, 6.07) is 13.0. The summed E-state index contributed by atoms with van der Waals surface area (Å²) in [6.45, 7) is 2.20. The average Bonchev–Trinajstić information content (AvgIpc) is 2.52. The molecule has 1 heterocycles. The fourth-order valence-electron chi connectivity index (χ4n) is 2.67. The molecule has 1 fully saturated rings. The molecule has 0 amide bonds. The fraction of sp³-hybridized carbons (Fsp3) is 0.294. The van der Waals surface area contributed by atoms with Crippen LogP contribution < -0.4 is 15.1 Å². The Kier molecular flexibility index (Phi) is 4.14.